The zero-order chi connectivity index (χ0) is 17.1. The molecule has 2 nitrogen and oxygen atoms in total. The van der Waals surface area contributed by atoms with E-state index in [1.165, 1.54) is 11.0 Å². The van der Waals surface area contributed by atoms with Crippen LogP contribution in [0.2, 0.25) is 5.02 Å². The molecular formula is C19H17ClF2NOTi. The Morgan fingerprint density at radius 1 is 1.08 bits per heavy atom. The number of carbonyl (C=O) groups excluding carboxylic acids is 1. The van der Waals surface area contributed by atoms with Gasteiger partial charge in [0.2, 0.25) is 0 Å². The molecule has 1 aliphatic carbocycles. The average Bonchev–Trinajstić information content (AvgIpc) is 2.58. The number of hydrogen-bond acceptors (Lipinski definition) is 1. The van der Waals surface area contributed by atoms with Gasteiger partial charge in [0.15, 0.2) is 5.82 Å². The fourth-order valence-corrected chi connectivity index (χ4v) is 3.41. The van der Waals surface area contributed by atoms with Gasteiger partial charge in [0.1, 0.15) is 5.82 Å². The maximum absolute atomic E-state index is 14.3. The van der Waals surface area contributed by atoms with Gasteiger partial charge in [0.05, 0.1) is 22.3 Å². The maximum atomic E-state index is 14.3. The summed E-state index contributed by atoms with van der Waals surface area (Å²) in [5.74, 6) is -2.02. The minimum atomic E-state index is -0.860. The van der Waals surface area contributed by atoms with Gasteiger partial charge in [0, 0.05) is 27.8 Å². The predicted octanol–water partition coefficient (Wildman–Crippen LogP) is 5.40. The smallest absolute Gasteiger partial charge is 0.260 e. The molecule has 0 bridgehead atoms. The van der Waals surface area contributed by atoms with Gasteiger partial charge in [0.25, 0.3) is 5.91 Å². The van der Waals surface area contributed by atoms with Crippen molar-refractivity contribution in [1.82, 2.24) is 0 Å². The monoisotopic (exact) mass is 396 g/mol. The van der Waals surface area contributed by atoms with Crippen LogP contribution in [-0.4, -0.2) is 11.9 Å². The molecule has 1 aliphatic rings. The van der Waals surface area contributed by atoms with E-state index >= 15 is 0 Å². The number of hydrogen-bond donors (Lipinski definition) is 0. The van der Waals surface area contributed by atoms with E-state index in [-0.39, 0.29) is 39.4 Å². The summed E-state index contributed by atoms with van der Waals surface area (Å²) < 4.78 is 27.5. The van der Waals surface area contributed by atoms with Crippen LogP contribution in [0.3, 0.4) is 0 Å². The van der Waals surface area contributed by atoms with Crippen molar-refractivity contribution >= 4 is 23.2 Å². The second-order valence-corrected chi connectivity index (χ2v) is 6.36. The van der Waals surface area contributed by atoms with Crippen molar-refractivity contribution in [3.63, 3.8) is 0 Å². The van der Waals surface area contributed by atoms with E-state index in [1.54, 1.807) is 24.3 Å². The van der Waals surface area contributed by atoms with Gasteiger partial charge in [-0.25, -0.2) is 8.78 Å². The van der Waals surface area contributed by atoms with E-state index in [9.17, 15) is 13.6 Å². The number of benzene rings is 2. The van der Waals surface area contributed by atoms with E-state index < -0.39 is 11.6 Å². The molecule has 0 aliphatic heterocycles. The van der Waals surface area contributed by atoms with E-state index in [0.717, 1.165) is 38.2 Å². The average molecular weight is 397 g/mol. The molecule has 1 amide bonds. The minimum absolute atomic E-state index is 0. The summed E-state index contributed by atoms with van der Waals surface area (Å²) in [6.45, 7) is 0. The number of carbonyl (C=O) groups is 1. The van der Waals surface area contributed by atoms with Crippen LogP contribution in [0.15, 0.2) is 36.4 Å². The van der Waals surface area contributed by atoms with Crippen molar-refractivity contribution in [1.29, 1.82) is 0 Å². The van der Waals surface area contributed by atoms with Gasteiger partial charge < -0.3 is 4.90 Å². The first-order valence-corrected chi connectivity index (χ1v) is 8.41. The van der Waals surface area contributed by atoms with Gasteiger partial charge in [-0.2, -0.15) is 0 Å². The number of anilines is 1. The fourth-order valence-electron chi connectivity index (χ4n) is 3.20. The van der Waals surface area contributed by atoms with Crippen LogP contribution in [0.4, 0.5) is 14.5 Å². The molecule has 0 atom stereocenters. The normalized spacial score (nSPS) is 14.7. The Hall–Kier alpha value is -1.23. The largest absolute Gasteiger partial charge is 0.302 e. The summed E-state index contributed by atoms with van der Waals surface area (Å²) in [6.07, 6.45) is 4.62. The standard InChI is InChI=1S/C19H17ClF2NO.Ti/c20-16-9-5-4-8-15(16)19(24)23(14-6-2-1-3-7-14)18-11-10-13(21)12-17(18)22;/h4-5,8-11,14H,1-3,6-7H2;. The van der Waals surface area contributed by atoms with E-state index in [1.807, 2.05) is 6.07 Å². The summed E-state index contributed by atoms with van der Waals surface area (Å²) in [7, 11) is 0. The van der Waals surface area contributed by atoms with Crippen molar-refractivity contribution in [2.45, 2.75) is 38.1 Å². The molecule has 2 aromatic rings. The molecule has 129 valence electrons. The first-order valence-electron chi connectivity index (χ1n) is 8.03. The molecule has 6 heteroatoms. The minimum Gasteiger partial charge on any atom is -0.302 e. The molecule has 0 spiro atoms. The Morgan fingerprint density at radius 3 is 2.40 bits per heavy atom. The Bertz CT molecular complexity index is 750. The third-order valence-electron chi connectivity index (χ3n) is 4.36. The number of halogens is 3. The van der Waals surface area contributed by atoms with Crippen LogP contribution in [-0.2, 0) is 21.7 Å². The third kappa shape index (κ3) is 4.49. The first kappa shape index (κ1) is 20.1. The Labute approximate surface area is 166 Å². The van der Waals surface area contributed by atoms with Crippen molar-refractivity contribution in [2.75, 3.05) is 4.90 Å². The second-order valence-electron chi connectivity index (χ2n) is 5.95. The second kappa shape index (κ2) is 8.93. The molecule has 0 heterocycles. The zero-order valence-electron chi connectivity index (χ0n) is 13.6. The summed E-state index contributed by atoms with van der Waals surface area (Å²) in [4.78, 5) is 14.5. The summed E-state index contributed by atoms with van der Waals surface area (Å²) >= 11 is 6.15. The summed E-state index contributed by atoms with van der Waals surface area (Å²) in [5, 5.41) is 0.315. The van der Waals surface area contributed by atoms with Gasteiger partial charge in [-0.1, -0.05) is 43.0 Å². The summed E-state index contributed by atoms with van der Waals surface area (Å²) in [5.41, 5.74) is 0.363. The Balaban J connectivity index is 0.00000225. The van der Waals surface area contributed by atoms with Crippen molar-refractivity contribution in [3.05, 3.63) is 64.7 Å². The van der Waals surface area contributed by atoms with E-state index in [4.69, 9.17) is 11.6 Å². The van der Waals surface area contributed by atoms with Gasteiger partial charge in [-0.15, -0.1) is 0 Å². The molecule has 1 radical (unpaired) electrons. The van der Waals surface area contributed by atoms with Crippen LogP contribution in [0.25, 0.3) is 0 Å². The van der Waals surface area contributed by atoms with E-state index in [2.05, 4.69) is 0 Å². The molecule has 3 rings (SSSR count). The van der Waals surface area contributed by atoms with Gasteiger partial charge >= 0.3 is 0 Å². The number of nitrogens with zero attached hydrogens (tertiary/aromatic N) is 1. The molecule has 0 aromatic heterocycles. The quantitative estimate of drug-likeness (QED) is 0.637. The predicted molar refractivity (Wildman–Crippen MR) is 90.3 cm³/mol. The van der Waals surface area contributed by atoms with Crippen LogP contribution in [0.5, 0.6) is 0 Å². The molecular weight excluding hydrogens is 380 g/mol. The molecule has 1 saturated carbocycles. The fraction of sp³-hybridized carbons (Fsp3) is 0.316. The zero-order valence-corrected chi connectivity index (χ0v) is 15.9. The molecule has 1 fully saturated rings. The Kier molecular flexibility index (Phi) is 7.18. The van der Waals surface area contributed by atoms with E-state index in [0.29, 0.717) is 10.6 Å². The summed E-state index contributed by atoms with van der Waals surface area (Å²) in [6, 6.07) is 11.0. The van der Waals surface area contributed by atoms with Crippen LogP contribution in [0.1, 0.15) is 42.5 Å². The topological polar surface area (TPSA) is 20.3 Å². The molecule has 0 N–H and O–H groups in total. The van der Waals surface area contributed by atoms with Crippen molar-refractivity contribution < 1.29 is 35.3 Å². The maximum Gasteiger partial charge on any atom is 0.260 e. The van der Waals surface area contributed by atoms with Crippen molar-refractivity contribution in [3.8, 4) is 0 Å². The molecule has 0 unspecified atom stereocenters. The Morgan fingerprint density at radius 2 is 1.76 bits per heavy atom. The van der Waals surface area contributed by atoms with Crippen LogP contribution >= 0.6 is 11.6 Å². The third-order valence-corrected chi connectivity index (χ3v) is 4.69. The van der Waals surface area contributed by atoms with Crippen LogP contribution in [0, 0.1) is 17.7 Å². The SMILES string of the molecule is O=C(c1ccccc1Cl)N(c1ccc(F)[c]c1F)C1CCCCC1.[Ti]. The first-order chi connectivity index (χ1) is 11.6. The number of rotatable bonds is 3. The van der Waals surface area contributed by atoms with Gasteiger partial charge in [-0.3, -0.25) is 4.79 Å². The number of amides is 1. The molecule has 0 saturated heterocycles. The molecule has 25 heavy (non-hydrogen) atoms. The van der Waals surface area contributed by atoms with Crippen molar-refractivity contribution in [2.24, 2.45) is 0 Å². The van der Waals surface area contributed by atoms with Gasteiger partial charge in [-0.05, 0) is 37.1 Å². The van der Waals surface area contributed by atoms with Crippen LogP contribution < -0.4 is 4.90 Å². The molecule has 2 aromatic carbocycles.